The van der Waals surface area contributed by atoms with Gasteiger partial charge >= 0.3 is 5.97 Å². The van der Waals surface area contributed by atoms with Crippen molar-refractivity contribution in [1.82, 2.24) is 5.32 Å². The Morgan fingerprint density at radius 3 is 2.24 bits per heavy atom. The van der Waals surface area contributed by atoms with Crippen molar-refractivity contribution < 1.29 is 14.7 Å². The quantitative estimate of drug-likeness (QED) is 0.474. The molecule has 0 aliphatic heterocycles. The van der Waals surface area contributed by atoms with E-state index in [9.17, 15) is 9.59 Å². The highest BCUT2D eigenvalue weighted by molar-refractivity contribution is 5.75. The van der Waals surface area contributed by atoms with E-state index in [1.54, 1.807) is 0 Å². The number of carboxylic acid groups (broad SMARTS) is 1. The van der Waals surface area contributed by atoms with Crippen molar-refractivity contribution in [2.75, 3.05) is 6.54 Å². The first-order chi connectivity index (χ1) is 10.1. The van der Waals surface area contributed by atoms with Gasteiger partial charge in [-0.05, 0) is 25.2 Å². The molecule has 124 valence electrons. The van der Waals surface area contributed by atoms with Gasteiger partial charge in [0.05, 0.1) is 0 Å². The van der Waals surface area contributed by atoms with E-state index in [0.29, 0.717) is 25.3 Å². The first kappa shape index (κ1) is 19.9. The zero-order valence-electron chi connectivity index (χ0n) is 13.8. The molecule has 4 heteroatoms. The maximum absolute atomic E-state index is 11.7. The number of carbonyl (C=O) groups excluding carboxylic acids is 1. The number of hydrogen-bond donors (Lipinski definition) is 2. The summed E-state index contributed by atoms with van der Waals surface area (Å²) in [7, 11) is 0. The average Bonchev–Trinajstić information content (AvgIpc) is 2.46. The summed E-state index contributed by atoms with van der Waals surface area (Å²) >= 11 is 0. The lowest BCUT2D eigenvalue weighted by Gasteiger charge is -2.14. The monoisotopic (exact) mass is 299 g/mol. The molecule has 4 nitrogen and oxygen atoms in total. The minimum absolute atomic E-state index is 0.138. The molecule has 0 fully saturated rings. The largest absolute Gasteiger partial charge is 0.481 e. The van der Waals surface area contributed by atoms with Crippen LogP contribution in [-0.2, 0) is 9.59 Å². The Labute approximate surface area is 129 Å². The predicted octanol–water partition coefficient (Wildman–Crippen LogP) is 4.13. The number of unbranched alkanes of at least 4 members (excludes halogenated alkanes) is 5. The van der Waals surface area contributed by atoms with Crippen LogP contribution < -0.4 is 5.32 Å². The molecule has 0 aromatic heterocycles. The topological polar surface area (TPSA) is 66.4 Å². The number of rotatable bonds is 14. The van der Waals surface area contributed by atoms with Crippen LogP contribution >= 0.6 is 0 Å². The highest BCUT2D eigenvalue weighted by atomic mass is 16.4. The van der Waals surface area contributed by atoms with E-state index >= 15 is 0 Å². The van der Waals surface area contributed by atoms with Crippen LogP contribution in [0.15, 0.2) is 0 Å². The third-order valence-corrected chi connectivity index (χ3v) is 3.98. The smallest absolute Gasteiger partial charge is 0.303 e. The third kappa shape index (κ3) is 13.7. The molecule has 2 N–H and O–H groups in total. The third-order valence-electron chi connectivity index (χ3n) is 3.98. The molecular weight excluding hydrogens is 266 g/mol. The number of hydrogen-bond acceptors (Lipinski definition) is 2. The van der Waals surface area contributed by atoms with Gasteiger partial charge in [0.2, 0.25) is 5.91 Å². The van der Waals surface area contributed by atoms with Gasteiger partial charge in [-0.25, -0.2) is 0 Å². The maximum atomic E-state index is 11.7. The Kier molecular flexibility index (Phi) is 13.2. The molecule has 0 radical (unpaired) electrons. The fourth-order valence-electron chi connectivity index (χ4n) is 2.45. The van der Waals surface area contributed by atoms with Gasteiger partial charge in [-0.2, -0.15) is 0 Å². The minimum atomic E-state index is -0.736. The van der Waals surface area contributed by atoms with E-state index < -0.39 is 5.97 Å². The molecule has 0 heterocycles. The van der Waals surface area contributed by atoms with Crippen molar-refractivity contribution in [1.29, 1.82) is 0 Å². The van der Waals surface area contributed by atoms with Gasteiger partial charge in [-0.1, -0.05) is 52.4 Å². The molecule has 0 bridgehead atoms. The Morgan fingerprint density at radius 2 is 1.62 bits per heavy atom. The van der Waals surface area contributed by atoms with Gasteiger partial charge in [0.1, 0.15) is 0 Å². The second-order valence-corrected chi connectivity index (χ2v) is 5.86. The summed E-state index contributed by atoms with van der Waals surface area (Å²) in [6.07, 6.45) is 10.6. The van der Waals surface area contributed by atoms with Crippen LogP contribution in [0.2, 0.25) is 0 Å². The molecule has 0 spiro atoms. The molecule has 0 aromatic carbocycles. The first-order valence-corrected chi connectivity index (χ1v) is 8.58. The molecule has 0 saturated heterocycles. The normalized spacial score (nSPS) is 12.1. The first-order valence-electron chi connectivity index (χ1n) is 8.58. The van der Waals surface area contributed by atoms with Crippen LogP contribution in [-0.4, -0.2) is 23.5 Å². The maximum Gasteiger partial charge on any atom is 0.303 e. The summed E-state index contributed by atoms with van der Waals surface area (Å²) in [5, 5.41) is 11.6. The average molecular weight is 299 g/mol. The minimum Gasteiger partial charge on any atom is -0.481 e. The molecule has 21 heavy (non-hydrogen) atoms. The van der Waals surface area contributed by atoms with E-state index in [1.165, 1.54) is 25.7 Å². The van der Waals surface area contributed by atoms with Crippen LogP contribution in [0.25, 0.3) is 0 Å². The summed E-state index contributed by atoms with van der Waals surface area (Å²) in [6.45, 7) is 4.95. The Morgan fingerprint density at radius 1 is 0.952 bits per heavy atom. The SMILES string of the molecule is CCCCCCCCC(=O)NCCC(CC)CCC(=O)O. The van der Waals surface area contributed by atoms with E-state index in [4.69, 9.17) is 5.11 Å². The summed E-state index contributed by atoms with van der Waals surface area (Å²) in [6, 6.07) is 0. The van der Waals surface area contributed by atoms with Crippen molar-refractivity contribution in [3.8, 4) is 0 Å². The summed E-state index contributed by atoms with van der Waals surface area (Å²) in [5.41, 5.74) is 0. The van der Waals surface area contributed by atoms with Crippen LogP contribution in [0.4, 0.5) is 0 Å². The summed E-state index contributed by atoms with van der Waals surface area (Å²) in [5.74, 6) is -0.199. The molecule has 0 saturated carbocycles. The molecule has 0 rings (SSSR count). The lowest BCUT2D eigenvalue weighted by molar-refractivity contribution is -0.137. The fraction of sp³-hybridized carbons (Fsp3) is 0.882. The van der Waals surface area contributed by atoms with E-state index in [2.05, 4.69) is 19.2 Å². The zero-order chi connectivity index (χ0) is 15.9. The van der Waals surface area contributed by atoms with E-state index in [0.717, 1.165) is 25.7 Å². The van der Waals surface area contributed by atoms with Crippen molar-refractivity contribution in [3.63, 3.8) is 0 Å². The lowest BCUT2D eigenvalue weighted by atomic mass is 9.96. The molecule has 0 aliphatic rings. The summed E-state index contributed by atoms with van der Waals surface area (Å²) < 4.78 is 0. The molecule has 0 aromatic rings. The van der Waals surface area contributed by atoms with Crippen LogP contribution in [0.5, 0.6) is 0 Å². The molecule has 1 amide bonds. The van der Waals surface area contributed by atoms with Crippen molar-refractivity contribution in [2.24, 2.45) is 5.92 Å². The fourth-order valence-corrected chi connectivity index (χ4v) is 2.45. The van der Waals surface area contributed by atoms with Gasteiger partial charge in [-0.3, -0.25) is 9.59 Å². The Hall–Kier alpha value is -1.06. The number of amides is 1. The van der Waals surface area contributed by atoms with E-state index in [1.807, 2.05) is 0 Å². The van der Waals surface area contributed by atoms with Crippen LogP contribution in [0, 0.1) is 5.92 Å². The second-order valence-electron chi connectivity index (χ2n) is 5.86. The van der Waals surface area contributed by atoms with Gasteiger partial charge in [0, 0.05) is 19.4 Å². The highest BCUT2D eigenvalue weighted by Crippen LogP contribution is 2.14. The van der Waals surface area contributed by atoms with Crippen molar-refractivity contribution in [2.45, 2.75) is 84.5 Å². The Bertz CT molecular complexity index is 279. The Balaban J connectivity index is 3.52. The van der Waals surface area contributed by atoms with Crippen molar-refractivity contribution in [3.05, 3.63) is 0 Å². The standard InChI is InChI=1S/C17H33NO3/c1-3-5-6-7-8-9-10-16(19)18-14-13-15(4-2)11-12-17(20)21/h15H,3-14H2,1-2H3,(H,18,19)(H,20,21). The van der Waals surface area contributed by atoms with Gasteiger partial charge in [0.15, 0.2) is 0 Å². The molecule has 0 aliphatic carbocycles. The second kappa shape index (κ2) is 13.9. The molecule has 1 atom stereocenters. The lowest BCUT2D eigenvalue weighted by Crippen LogP contribution is -2.25. The van der Waals surface area contributed by atoms with E-state index in [-0.39, 0.29) is 12.3 Å². The van der Waals surface area contributed by atoms with Gasteiger partial charge in [-0.15, -0.1) is 0 Å². The number of nitrogens with one attached hydrogen (secondary N) is 1. The predicted molar refractivity (Wildman–Crippen MR) is 86.3 cm³/mol. The van der Waals surface area contributed by atoms with Crippen LogP contribution in [0.3, 0.4) is 0 Å². The molecular formula is C17H33NO3. The van der Waals surface area contributed by atoms with Crippen molar-refractivity contribution >= 4 is 11.9 Å². The van der Waals surface area contributed by atoms with Gasteiger partial charge in [0.25, 0.3) is 0 Å². The van der Waals surface area contributed by atoms with Crippen LogP contribution in [0.1, 0.15) is 84.5 Å². The number of carbonyl (C=O) groups is 2. The molecule has 1 unspecified atom stereocenters. The highest BCUT2D eigenvalue weighted by Gasteiger charge is 2.09. The number of aliphatic carboxylic acids is 1. The summed E-state index contributed by atoms with van der Waals surface area (Å²) in [4.78, 5) is 22.2. The zero-order valence-corrected chi connectivity index (χ0v) is 13.8. The number of carboxylic acids is 1. The van der Waals surface area contributed by atoms with Gasteiger partial charge < -0.3 is 10.4 Å².